The van der Waals surface area contributed by atoms with E-state index in [-0.39, 0.29) is 0 Å². The Morgan fingerprint density at radius 2 is 0.929 bits per heavy atom. The number of halogens is 12. The Balaban J connectivity index is 0.000000861. The molecule has 0 aliphatic heterocycles. The molecule has 0 N–H and O–H groups in total. The van der Waals surface area contributed by atoms with Crippen LogP contribution in [0.3, 0.4) is 0 Å². The minimum absolute atomic E-state index is 1.07. The molecule has 0 saturated heterocycles. The van der Waals surface area contributed by atoms with Crippen molar-refractivity contribution in [2.75, 3.05) is 0 Å². The van der Waals surface area contributed by atoms with Crippen LogP contribution >= 0.6 is 0 Å². The highest BCUT2D eigenvalue weighted by Crippen LogP contribution is 2.46. The monoisotopic (exact) mass is 426 g/mol. The zero-order valence-electron chi connectivity index (χ0n) is 13.2. The van der Waals surface area contributed by atoms with Crippen molar-refractivity contribution in [2.45, 2.75) is 0 Å². The second-order valence-corrected chi connectivity index (χ2v) is 4.79. The van der Waals surface area contributed by atoms with Gasteiger partial charge < -0.3 is 0 Å². The van der Waals surface area contributed by atoms with E-state index in [0.29, 0.717) is 0 Å². The first kappa shape index (κ1) is 25.3. The Labute approximate surface area is 150 Å². The van der Waals surface area contributed by atoms with Crippen molar-refractivity contribution in [1.29, 1.82) is 0 Å². The van der Waals surface area contributed by atoms with Crippen molar-refractivity contribution < 1.29 is 52.7 Å². The van der Waals surface area contributed by atoms with E-state index in [1.165, 1.54) is 0 Å². The minimum atomic E-state index is -6.57. The first-order valence-corrected chi connectivity index (χ1v) is 6.69. The standard InChI is InChI=1S/C8BF12.C7H7/c10-1(5(14)15)9(2(11)6(16)17,3(12)7(18)19)4(13)8(20)21;1-7-5-3-2-4-6-7/h;2-6H,1H2/q-1;+1. The summed E-state index contributed by atoms with van der Waals surface area (Å²) < 4.78 is 148. The molecule has 0 spiro atoms. The molecule has 0 aromatic heterocycles. The molecule has 0 bridgehead atoms. The number of hydrogen-bond donors (Lipinski definition) is 0. The molecule has 0 aromatic rings. The summed E-state index contributed by atoms with van der Waals surface area (Å²) in [6.07, 6.45) is -12.5. The van der Waals surface area contributed by atoms with Crippen molar-refractivity contribution in [2.24, 2.45) is 0 Å². The normalized spacial score (nSPS) is 12.4. The first-order chi connectivity index (χ1) is 12.8. The minimum Gasteiger partial charge on any atom is -0.251 e. The Bertz CT molecular complexity index is 682. The molecular weight excluding hydrogens is 419 g/mol. The van der Waals surface area contributed by atoms with Crippen LogP contribution in [0.15, 0.2) is 83.7 Å². The Hall–Kier alpha value is -2.73. The lowest BCUT2D eigenvalue weighted by atomic mass is 9.21. The fourth-order valence-electron chi connectivity index (χ4n) is 1.80. The van der Waals surface area contributed by atoms with E-state index in [9.17, 15) is 52.7 Å². The summed E-state index contributed by atoms with van der Waals surface area (Å²) in [5.41, 5.74) is -14.4. The highest BCUT2D eigenvalue weighted by Gasteiger charge is 2.51. The molecule has 0 radical (unpaired) electrons. The highest BCUT2D eigenvalue weighted by atomic mass is 19.3. The largest absolute Gasteiger partial charge is 0.263 e. The number of hydrogen-bond acceptors (Lipinski definition) is 0. The summed E-state index contributed by atoms with van der Waals surface area (Å²) in [4.78, 5) is 0. The van der Waals surface area contributed by atoms with E-state index >= 15 is 0 Å². The predicted octanol–water partition coefficient (Wildman–Crippen LogP) is 7.78. The van der Waals surface area contributed by atoms with E-state index < -0.39 is 53.4 Å². The average molecular weight is 426 g/mol. The molecule has 28 heavy (non-hydrogen) atoms. The van der Waals surface area contributed by atoms with Gasteiger partial charge >= 0.3 is 0 Å². The Kier molecular flexibility index (Phi) is 9.54. The van der Waals surface area contributed by atoms with Gasteiger partial charge in [0.25, 0.3) is 30.5 Å². The van der Waals surface area contributed by atoms with Crippen LogP contribution < -0.4 is 0 Å². The fourth-order valence-corrected chi connectivity index (χ4v) is 1.80. The maximum Gasteiger partial charge on any atom is 0.263 e. The molecule has 1 aliphatic rings. The van der Waals surface area contributed by atoms with Crippen molar-refractivity contribution in [1.82, 2.24) is 0 Å². The van der Waals surface area contributed by atoms with Gasteiger partial charge in [-0.15, -0.1) is 0 Å². The summed E-state index contributed by atoms with van der Waals surface area (Å²) in [5, 5.41) is 0. The first-order valence-electron chi connectivity index (χ1n) is 6.69. The third-order valence-corrected chi connectivity index (χ3v) is 3.09. The van der Waals surface area contributed by atoms with Gasteiger partial charge in [0, 0.05) is 53.6 Å². The maximum absolute atomic E-state index is 13.0. The lowest BCUT2D eigenvalue weighted by molar-refractivity contribution is 0.364. The van der Waals surface area contributed by atoms with Crippen molar-refractivity contribution in [3.63, 3.8) is 0 Å². The summed E-state index contributed by atoms with van der Waals surface area (Å²) in [5.74, 6) is 0. The van der Waals surface area contributed by atoms with Crippen LogP contribution in [0.4, 0.5) is 52.7 Å². The lowest BCUT2D eigenvalue weighted by Crippen LogP contribution is -2.42. The average Bonchev–Trinajstić information content (AvgIpc) is 2.62. The van der Waals surface area contributed by atoms with E-state index in [1.807, 2.05) is 30.7 Å². The van der Waals surface area contributed by atoms with E-state index in [0.717, 1.165) is 5.57 Å². The Morgan fingerprint density at radius 3 is 1.07 bits per heavy atom. The molecule has 0 nitrogen and oxygen atoms in total. The zero-order valence-corrected chi connectivity index (χ0v) is 13.2. The van der Waals surface area contributed by atoms with Gasteiger partial charge in [-0.05, 0) is 6.58 Å². The van der Waals surface area contributed by atoms with Crippen LogP contribution in [0.25, 0.3) is 0 Å². The van der Waals surface area contributed by atoms with Crippen LogP contribution in [0.1, 0.15) is 0 Å². The van der Waals surface area contributed by atoms with Gasteiger partial charge in [-0.25, -0.2) is 0 Å². The summed E-state index contributed by atoms with van der Waals surface area (Å²) in [6, 6.07) is 0. The SMILES string of the molecule is C=C1C=CC=C[CH+]1.FC(F)=C(F)[B-](C(F)=C(F)F)(C(F)=C(F)F)C(F)=C(F)F. The molecule has 0 aromatic carbocycles. The Morgan fingerprint density at radius 1 is 0.607 bits per heavy atom. The highest BCUT2D eigenvalue weighted by molar-refractivity contribution is 7.02. The summed E-state index contributed by atoms with van der Waals surface area (Å²) in [7, 11) is 0. The predicted molar refractivity (Wildman–Crippen MR) is 78.9 cm³/mol. The molecule has 0 fully saturated rings. The van der Waals surface area contributed by atoms with Crippen LogP contribution in [0.5, 0.6) is 0 Å². The van der Waals surface area contributed by atoms with Gasteiger partial charge in [0.2, 0.25) is 0 Å². The third kappa shape index (κ3) is 5.63. The molecule has 0 saturated carbocycles. The molecule has 0 amide bonds. The second-order valence-electron chi connectivity index (χ2n) is 4.79. The van der Waals surface area contributed by atoms with Gasteiger partial charge in [-0.2, -0.15) is 35.1 Å². The van der Waals surface area contributed by atoms with Crippen molar-refractivity contribution in [3.8, 4) is 0 Å². The molecule has 0 unspecified atom stereocenters. The second kappa shape index (κ2) is 10.6. The lowest BCUT2D eigenvalue weighted by Gasteiger charge is -2.32. The van der Waals surface area contributed by atoms with Crippen LogP contribution in [-0.4, -0.2) is 6.15 Å². The summed E-state index contributed by atoms with van der Waals surface area (Å²) >= 11 is 0. The topological polar surface area (TPSA) is 0 Å². The van der Waals surface area contributed by atoms with Gasteiger partial charge in [0.1, 0.15) is 0 Å². The molecule has 1 rings (SSSR count). The number of allylic oxidation sites excluding steroid dienone is 5. The maximum atomic E-state index is 13.0. The molecule has 13 heteroatoms. The van der Waals surface area contributed by atoms with E-state index in [1.54, 1.807) is 0 Å². The molecular formula is C15H7BF12. The molecule has 154 valence electrons. The van der Waals surface area contributed by atoms with Crippen LogP contribution in [0.2, 0.25) is 0 Å². The van der Waals surface area contributed by atoms with Crippen LogP contribution in [-0.2, 0) is 0 Å². The van der Waals surface area contributed by atoms with Gasteiger partial charge in [0.15, 0.2) is 0 Å². The molecule has 1 aliphatic carbocycles. The fraction of sp³-hybridized carbons (Fsp3) is 0. The smallest absolute Gasteiger partial charge is 0.251 e. The molecule has 0 atom stereocenters. The zero-order chi connectivity index (χ0) is 22.2. The van der Waals surface area contributed by atoms with Gasteiger partial charge in [-0.1, -0.05) is 0 Å². The number of rotatable bonds is 4. The van der Waals surface area contributed by atoms with E-state index in [4.69, 9.17) is 0 Å². The van der Waals surface area contributed by atoms with Crippen molar-refractivity contribution >= 4 is 6.15 Å². The van der Waals surface area contributed by atoms with Gasteiger partial charge in [0.05, 0.1) is 5.57 Å². The van der Waals surface area contributed by atoms with Crippen LogP contribution in [0, 0.1) is 6.42 Å². The van der Waals surface area contributed by atoms with E-state index in [2.05, 4.69) is 6.58 Å². The molecule has 0 heterocycles. The van der Waals surface area contributed by atoms with Crippen molar-refractivity contribution in [3.05, 3.63) is 90.1 Å². The summed E-state index contributed by atoms with van der Waals surface area (Å²) in [6.45, 7) is 3.72. The quantitative estimate of drug-likeness (QED) is 0.245. The third-order valence-electron chi connectivity index (χ3n) is 3.09. The van der Waals surface area contributed by atoms with Gasteiger partial charge in [-0.3, -0.25) is 17.6 Å².